The Bertz CT molecular complexity index is 258. The lowest BCUT2D eigenvalue weighted by atomic mass is 10.0. The third-order valence-corrected chi connectivity index (χ3v) is 3.30. The number of hydrogen-bond acceptors (Lipinski definition) is 3. The minimum atomic E-state index is 0.474. The molecule has 1 atom stereocenters. The number of nitrogens with zero attached hydrogens (tertiary/aromatic N) is 1. The Kier molecular flexibility index (Phi) is 5.12. The van der Waals surface area contributed by atoms with Crippen LogP contribution < -0.4 is 5.73 Å². The van der Waals surface area contributed by atoms with Gasteiger partial charge in [0.25, 0.3) is 0 Å². The van der Waals surface area contributed by atoms with Crippen LogP contribution in [0.4, 0.5) is 0 Å². The number of thiazole rings is 1. The summed E-state index contributed by atoms with van der Waals surface area (Å²) in [5.41, 5.74) is 6.95. The Morgan fingerprint density at radius 2 is 2.21 bits per heavy atom. The Balaban J connectivity index is 2.63. The lowest BCUT2D eigenvalue weighted by Gasteiger charge is -2.09. The van der Waals surface area contributed by atoms with Crippen LogP contribution in [0.5, 0.6) is 0 Å². The van der Waals surface area contributed by atoms with Crippen LogP contribution in [0.3, 0.4) is 0 Å². The monoisotopic (exact) mass is 212 g/mol. The lowest BCUT2D eigenvalue weighted by molar-refractivity contribution is 0.608. The van der Waals surface area contributed by atoms with Crippen molar-refractivity contribution in [3.8, 4) is 0 Å². The average molecular weight is 212 g/mol. The predicted molar refractivity (Wildman–Crippen MR) is 62.8 cm³/mol. The maximum absolute atomic E-state index is 5.74. The molecule has 0 aromatic carbocycles. The van der Waals surface area contributed by atoms with Gasteiger partial charge >= 0.3 is 0 Å². The molecule has 0 saturated carbocycles. The Hall–Kier alpha value is -0.410. The first-order valence-corrected chi connectivity index (χ1v) is 6.34. The van der Waals surface area contributed by atoms with Crippen LogP contribution in [0.25, 0.3) is 0 Å². The summed E-state index contributed by atoms with van der Waals surface area (Å²) in [6.45, 7) is 5.11. The molecular weight excluding hydrogens is 192 g/mol. The smallest absolute Gasteiger partial charge is 0.0928 e. The van der Waals surface area contributed by atoms with Gasteiger partial charge in [0.2, 0.25) is 0 Å². The van der Waals surface area contributed by atoms with Crippen molar-refractivity contribution in [3.63, 3.8) is 0 Å². The first kappa shape index (κ1) is 11.7. The van der Waals surface area contributed by atoms with E-state index in [0.717, 1.165) is 19.4 Å². The van der Waals surface area contributed by atoms with E-state index in [9.17, 15) is 0 Å². The van der Waals surface area contributed by atoms with Crippen molar-refractivity contribution in [1.29, 1.82) is 0 Å². The van der Waals surface area contributed by atoms with Crippen LogP contribution in [0.2, 0.25) is 0 Å². The number of rotatable bonds is 6. The molecule has 14 heavy (non-hydrogen) atoms. The summed E-state index contributed by atoms with van der Waals surface area (Å²) < 4.78 is 0. The van der Waals surface area contributed by atoms with Crippen LogP contribution in [-0.2, 0) is 6.42 Å². The molecule has 0 saturated heterocycles. The largest absolute Gasteiger partial charge is 0.330 e. The highest BCUT2D eigenvalue weighted by Crippen LogP contribution is 2.22. The zero-order valence-electron chi connectivity index (χ0n) is 9.12. The quantitative estimate of drug-likeness (QED) is 0.787. The zero-order valence-corrected chi connectivity index (χ0v) is 9.94. The molecule has 1 aromatic rings. The highest BCUT2D eigenvalue weighted by molar-refractivity contribution is 7.09. The van der Waals surface area contributed by atoms with Crippen LogP contribution in [0.1, 0.15) is 49.7 Å². The molecule has 1 aromatic heterocycles. The van der Waals surface area contributed by atoms with Gasteiger partial charge in [0, 0.05) is 17.8 Å². The van der Waals surface area contributed by atoms with E-state index >= 15 is 0 Å². The second-order valence-electron chi connectivity index (χ2n) is 3.64. The summed E-state index contributed by atoms with van der Waals surface area (Å²) >= 11 is 1.78. The molecule has 0 aliphatic heterocycles. The van der Waals surface area contributed by atoms with Crippen molar-refractivity contribution < 1.29 is 0 Å². The van der Waals surface area contributed by atoms with Gasteiger partial charge in [-0.05, 0) is 19.3 Å². The summed E-state index contributed by atoms with van der Waals surface area (Å²) in [6.07, 6.45) is 4.62. The summed E-state index contributed by atoms with van der Waals surface area (Å²) in [5.74, 6) is 0.474. The van der Waals surface area contributed by atoms with E-state index in [1.165, 1.54) is 23.5 Å². The third kappa shape index (κ3) is 3.07. The molecule has 0 fully saturated rings. The van der Waals surface area contributed by atoms with Crippen molar-refractivity contribution in [2.45, 2.75) is 45.4 Å². The average Bonchev–Trinajstić information content (AvgIpc) is 2.63. The van der Waals surface area contributed by atoms with E-state index in [1.807, 2.05) is 0 Å². The molecular formula is C11H20N2S. The highest BCUT2D eigenvalue weighted by Gasteiger charge is 2.12. The minimum Gasteiger partial charge on any atom is -0.330 e. The number of nitrogens with two attached hydrogens (primary N) is 1. The van der Waals surface area contributed by atoms with E-state index in [-0.39, 0.29) is 0 Å². The Labute approximate surface area is 90.6 Å². The first-order chi connectivity index (χ1) is 6.81. The van der Waals surface area contributed by atoms with E-state index in [0.29, 0.717) is 5.92 Å². The van der Waals surface area contributed by atoms with Gasteiger partial charge in [-0.2, -0.15) is 0 Å². The fraction of sp³-hybridized carbons (Fsp3) is 0.727. The number of aromatic nitrogens is 1. The van der Waals surface area contributed by atoms with Crippen LogP contribution in [0.15, 0.2) is 5.38 Å². The molecule has 0 aliphatic rings. The van der Waals surface area contributed by atoms with E-state index in [1.54, 1.807) is 11.3 Å². The standard InChI is InChI=1S/C11H20N2S/c1-3-5-9(7-12)10-8-14-11(13-10)6-4-2/h8-9H,3-7,12H2,1-2H3. The van der Waals surface area contributed by atoms with Gasteiger partial charge in [-0.3, -0.25) is 0 Å². The molecule has 2 N–H and O–H groups in total. The fourth-order valence-electron chi connectivity index (χ4n) is 1.58. The van der Waals surface area contributed by atoms with Gasteiger partial charge in [-0.15, -0.1) is 11.3 Å². The molecule has 0 aliphatic carbocycles. The predicted octanol–water partition coefficient (Wildman–Crippen LogP) is 2.94. The fourth-order valence-corrected chi connectivity index (χ4v) is 2.56. The normalized spacial score (nSPS) is 13.1. The van der Waals surface area contributed by atoms with Crippen molar-refractivity contribution in [2.75, 3.05) is 6.54 Å². The lowest BCUT2D eigenvalue weighted by Crippen LogP contribution is -2.12. The summed E-state index contributed by atoms with van der Waals surface area (Å²) in [7, 11) is 0. The van der Waals surface area contributed by atoms with Gasteiger partial charge in [-0.1, -0.05) is 20.3 Å². The Morgan fingerprint density at radius 3 is 2.79 bits per heavy atom. The molecule has 0 bridgehead atoms. The van der Waals surface area contributed by atoms with Crippen molar-refractivity contribution in [1.82, 2.24) is 4.98 Å². The van der Waals surface area contributed by atoms with Gasteiger partial charge in [-0.25, -0.2) is 4.98 Å². The molecule has 2 nitrogen and oxygen atoms in total. The summed E-state index contributed by atoms with van der Waals surface area (Å²) in [6, 6.07) is 0. The van der Waals surface area contributed by atoms with Crippen molar-refractivity contribution >= 4 is 11.3 Å². The first-order valence-electron chi connectivity index (χ1n) is 5.46. The van der Waals surface area contributed by atoms with Crippen molar-refractivity contribution in [2.24, 2.45) is 5.73 Å². The molecule has 0 spiro atoms. The van der Waals surface area contributed by atoms with Gasteiger partial charge in [0.15, 0.2) is 0 Å². The molecule has 0 radical (unpaired) electrons. The SMILES string of the molecule is CCCc1nc(C(CN)CCC)cs1. The number of hydrogen-bond donors (Lipinski definition) is 1. The van der Waals surface area contributed by atoms with Crippen LogP contribution in [0, 0.1) is 0 Å². The van der Waals surface area contributed by atoms with Gasteiger partial charge in [0.05, 0.1) is 10.7 Å². The molecule has 80 valence electrons. The zero-order chi connectivity index (χ0) is 10.4. The second-order valence-corrected chi connectivity index (χ2v) is 4.58. The minimum absolute atomic E-state index is 0.474. The highest BCUT2D eigenvalue weighted by atomic mass is 32.1. The molecule has 0 amide bonds. The maximum atomic E-state index is 5.74. The third-order valence-electron chi connectivity index (χ3n) is 2.37. The summed E-state index contributed by atoms with van der Waals surface area (Å²) in [5, 5.41) is 3.44. The topological polar surface area (TPSA) is 38.9 Å². The summed E-state index contributed by atoms with van der Waals surface area (Å²) in [4.78, 5) is 4.63. The molecule has 1 rings (SSSR count). The van der Waals surface area contributed by atoms with Crippen molar-refractivity contribution in [3.05, 3.63) is 16.1 Å². The Morgan fingerprint density at radius 1 is 1.43 bits per heavy atom. The van der Waals surface area contributed by atoms with E-state index < -0.39 is 0 Å². The molecule has 1 heterocycles. The van der Waals surface area contributed by atoms with Crippen LogP contribution in [-0.4, -0.2) is 11.5 Å². The molecule has 3 heteroatoms. The second kappa shape index (κ2) is 6.14. The number of aryl methyl sites for hydroxylation is 1. The maximum Gasteiger partial charge on any atom is 0.0928 e. The van der Waals surface area contributed by atoms with E-state index in [4.69, 9.17) is 5.73 Å². The molecule has 1 unspecified atom stereocenters. The van der Waals surface area contributed by atoms with Gasteiger partial charge < -0.3 is 5.73 Å². The van der Waals surface area contributed by atoms with Crippen LogP contribution >= 0.6 is 11.3 Å². The van der Waals surface area contributed by atoms with E-state index in [2.05, 4.69) is 24.2 Å². The van der Waals surface area contributed by atoms with Gasteiger partial charge in [0.1, 0.15) is 0 Å².